The number of hydrogen-bond donors (Lipinski definition) is 2. The highest BCUT2D eigenvalue weighted by Crippen LogP contribution is 2.21. The predicted octanol–water partition coefficient (Wildman–Crippen LogP) is 2.99. The molecule has 0 spiro atoms. The molecule has 0 aliphatic heterocycles. The van der Waals surface area contributed by atoms with E-state index in [1.165, 1.54) is 16.0 Å². The molecule has 0 saturated carbocycles. The van der Waals surface area contributed by atoms with Crippen LogP contribution in [0.1, 0.15) is 16.7 Å². The van der Waals surface area contributed by atoms with Crippen LogP contribution in [0.15, 0.2) is 46.4 Å². The van der Waals surface area contributed by atoms with Gasteiger partial charge in [-0.05, 0) is 42.0 Å². The molecule has 1 aromatic heterocycles. The Hall–Kier alpha value is -2.21. The monoisotopic (exact) mass is 344 g/mol. The zero-order valence-corrected chi connectivity index (χ0v) is 15.4. The van der Waals surface area contributed by atoms with Crippen molar-refractivity contribution in [2.24, 2.45) is 4.99 Å². The number of guanidine groups is 1. The van der Waals surface area contributed by atoms with E-state index in [0.29, 0.717) is 12.4 Å². The average molecular weight is 344 g/mol. The molecule has 0 aliphatic carbocycles. The summed E-state index contributed by atoms with van der Waals surface area (Å²) in [7, 11) is 3.39. The van der Waals surface area contributed by atoms with Crippen LogP contribution in [0.3, 0.4) is 0 Å². The number of thioether (sulfide) groups is 1. The van der Waals surface area contributed by atoms with Crippen LogP contribution in [0.4, 0.5) is 0 Å². The van der Waals surface area contributed by atoms with Gasteiger partial charge in [-0.25, -0.2) is 4.98 Å². The SMILES string of the molecule is CN=C(NCc1ccnc(OC)c1)NCc1ccc(C)cc1SC. The maximum atomic E-state index is 5.14. The quantitative estimate of drug-likeness (QED) is 0.479. The van der Waals surface area contributed by atoms with Crippen molar-refractivity contribution >= 4 is 17.7 Å². The van der Waals surface area contributed by atoms with Gasteiger partial charge in [-0.3, -0.25) is 4.99 Å². The van der Waals surface area contributed by atoms with Gasteiger partial charge in [0, 0.05) is 37.3 Å². The number of aryl methyl sites for hydroxylation is 1. The van der Waals surface area contributed by atoms with E-state index in [-0.39, 0.29) is 0 Å². The molecule has 1 aromatic carbocycles. The van der Waals surface area contributed by atoms with E-state index in [4.69, 9.17) is 4.74 Å². The molecule has 0 fully saturated rings. The van der Waals surface area contributed by atoms with Crippen LogP contribution in [-0.4, -0.2) is 31.4 Å². The first-order valence-corrected chi connectivity index (χ1v) is 8.95. The van der Waals surface area contributed by atoms with E-state index in [1.54, 1.807) is 32.1 Å². The Morgan fingerprint density at radius 2 is 2.00 bits per heavy atom. The Morgan fingerprint density at radius 3 is 2.71 bits per heavy atom. The van der Waals surface area contributed by atoms with Crippen LogP contribution < -0.4 is 15.4 Å². The summed E-state index contributed by atoms with van der Waals surface area (Å²) in [5.41, 5.74) is 3.63. The molecular weight excluding hydrogens is 320 g/mol. The van der Waals surface area contributed by atoms with Crippen LogP contribution in [0.5, 0.6) is 5.88 Å². The second kappa shape index (κ2) is 9.17. The molecule has 5 nitrogen and oxygen atoms in total. The van der Waals surface area contributed by atoms with E-state index in [0.717, 1.165) is 18.1 Å². The first-order valence-electron chi connectivity index (χ1n) is 7.73. The van der Waals surface area contributed by atoms with Gasteiger partial charge >= 0.3 is 0 Å². The standard InChI is InChI=1S/C18H24N4OS/c1-13-5-6-15(16(9-13)24-4)12-22-18(19-2)21-11-14-7-8-20-17(10-14)23-3/h5-10H,11-12H2,1-4H3,(H2,19,21,22). The first kappa shape index (κ1) is 18.1. The molecule has 24 heavy (non-hydrogen) atoms. The van der Waals surface area contributed by atoms with Gasteiger partial charge in [-0.2, -0.15) is 0 Å². The van der Waals surface area contributed by atoms with Gasteiger partial charge in [0.2, 0.25) is 5.88 Å². The summed E-state index contributed by atoms with van der Waals surface area (Å²) in [6.45, 7) is 3.50. The normalized spacial score (nSPS) is 11.2. The molecule has 0 radical (unpaired) electrons. The maximum absolute atomic E-state index is 5.14. The zero-order valence-electron chi connectivity index (χ0n) is 14.6. The van der Waals surface area contributed by atoms with Gasteiger partial charge in [-0.15, -0.1) is 11.8 Å². The van der Waals surface area contributed by atoms with Crippen molar-refractivity contribution in [1.82, 2.24) is 15.6 Å². The molecule has 0 saturated heterocycles. The third-order valence-corrected chi connectivity index (χ3v) is 4.40. The number of nitrogens with zero attached hydrogens (tertiary/aromatic N) is 2. The Balaban J connectivity index is 1.93. The number of ether oxygens (including phenoxy) is 1. The maximum Gasteiger partial charge on any atom is 0.213 e. The lowest BCUT2D eigenvalue weighted by molar-refractivity contribution is 0.397. The molecule has 128 valence electrons. The molecule has 0 bridgehead atoms. The summed E-state index contributed by atoms with van der Waals surface area (Å²) in [4.78, 5) is 9.67. The Bertz CT molecular complexity index is 703. The summed E-state index contributed by atoms with van der Waals surface area (Å²) in [5, 5.41) is 6.66. The molecule has 0 aliphatic rings. The van der Waals surface area contributed by atoms with Gasteiger partial charge in [0.25, 0.3) is 0 Å². The number of pyridine rings is 1. The summed E-state index contributed by atoms with van der Waals surface area (Å²) < 4.78 is 5.14. The minimum Gasteiger partial charge on any atom is -0.481 e. The molecule has 1 heterocycles. The summed E-state index contributed by atoms with van der Waals surface area (Å²) >= 11 is 1.76. The van der Waals surface area contributed by atoms with E-state index in [9.17, 15) is 0 Å². The van der Waals surface area contributed by atoms with Crippen molar-refractivity contribution < 1.29 is 4.74 Å². The van der Waals surface area contributed by atoms with Gasteiger partial charge in [0.05, 0.1) is 7.11 Å². The lowest BCUT2D eigenvalue weighted by Gasteiger charge is -2.14. The van der Waals surface area contributed by atoms with Crippen LogP contribution >= 0.6 is 11.8 Å². The highest BCUT2D eigenvalue weighted by atomic mass is 32.2. The second-order valence-electron chi connectivity index (χ2n) is 5.30. The van der Waals surface area contributed by atoms with Gasteiger partial charge in [0.1, 0.15) is 0 Å². The lowest BCUT2D eigenvalue weighted by atomic mass is 10.1. The van der Waals surface area contributed by atoms with Gasteiger partial charge in [0.15, 0.2) is 5.96 Å². The molecule has 2 aromatic rings. The fourth-order valence-electron chi connectivity index (χ4n) is 2.26. The number of benzene rings is 1. The van der Waals surface area contributed by atoms with Crippen LogP contribution in [-0.2, 0) is 13.1 Å². The highest BCUT2D eigenvalue weighted by Gasteiger charge is 2.04. The fraction of sp³-hybridized carbons (Fsp3) is 0.333. The predicted molar refractivity (Wildman–Crippen MR) is 101 cm³/mol. The van der Waals surface area contributed by atoms with Crippen molar-refractivity contribution in [1.29, 1.82) is 0 Å². The molecular formula is C18H24N4OS. The Morgan fingerprint density at radius 1 is 1.21 bits per heavy atom. The Labute approximate surface area is 147 Å². The van der Waals surface area contributed by atoms with Gasteiger partial charge in [-0.1, -0.05) is 12.1 Å². The fourth-order valence-corrected chi connectivity index (χ4v) is 2.96. The molecule has 2 rings (SSSR count). The summed E-state index contributed by atoms with van der Waals surface area (Å²) in [6.07, 6.45) is 3.84. The summed E-state index contributed by atoms with van der Waals surface area (Å²) in [6, 6.07) is 10.4. The molecule has 0 amide bonds. The highest BCUT2D eigenvalue weighted by molar-refractivity contribution is 7.98. The lowest BCUT2D eigenvalue weighted by Crippen LogP contribution is -2.36. The Kier molecular flexibility index (Phi) is 6.93. The number of rotatable bonds is 6. The van der Waals surface area contributed by atoms with Crippen molar-refractivity contribution in [3.63, 3.8) is 0 Å². The van der Waals surface area contributed by atoms with Crippen molar-refractivity contribution in [2.75, 3.05) is 20.4 Å². The van der Waals surface area contributed by atoms with Crippen molar-refractivity contribution in [3.05, 3.63) is 53.2 Å². The van der Waals surface area contributed by atoms with Crippen LogP contribution in [0.2, 0.25) is 0 Å². The molecule has 0 unspecified atom stereocenters. The number of nitrogens with one attached hydrogen (secondary N) is 2. The third kappa shape index (κ3) is 5.16. The topological polar surface area (TPSA) is 58.5 Å². The number of hydrogen-bond acceptors (Lipinski definition) is 4. The average Bonchev–Trinajstić information content (AvgIpc) is 2.62. The van der Waals surface area contributed by atoms with Crippen LogP contribution in [0, 0.1) is 6.92 Å². The largest absolute Gasteiger partial charge is 0.481 e. The van der Waals surface area contributed by atoms with E-state index < -0.39 is 0 Å². The first-order chi connectivity index (χ1) is 11.7. The minimum atomic E-state index is 0.613. The number of methoxy groups -OCH3 is 1. The summed E-state index contributed by atoms with van der Waals surface area (Å²) in [5.74, 6) is 1.37. The molecule has 0 atom stereocenters. The van der Waals surface area contributed by atoms with Crippen LogP contribution in [0.25, 0.3) is 0 Å². The van der Waals surface area contributed by atoms with Gasteiger partial charge < -0.3 is 15.4 Å². The second-order valence-corrected chi connectivity index (χ2v) is 6.15. The van der Waals surface area contributed by atoms with Crippen molar-refractivity contribution in [3.8, 4) is 5.88 Å². The van der Waals surface area contributed by atoms with Crippen molar-refractivity contribution in [2.45, 2.75) is 24.9 Å². The smallest absolute Gasteiger partial charge is 0.213 e. The number of aliphatic imine (C=N–C) groups is 1. The van der Waals surface area contributed by atoms with E-state index in [2.05, 4.69) is 52.0 Å². The minimum absolute atomic E-state index is 0.613. The van der Waals surface area contributed by atoms with E-state index >= 15 is 0 Å². The van der Waals surface area contributed by atoms with E-state index in [1.807, 2.05) is 12.1 Å². The third-order valence-electron chi connectivity index (χ3n) is 3.58. The molecule has 2 N–H and O–H groups in total. The zero-order chi connectivity index (χ0) is 17.4. The molecule has 6 heteroatoms. The number of aromatic nitrogens is 1.